The summed E-state index contributed by atoms with van der Waals surface area (Å²) in [6.45, 7) is 3.53. The van der Waals surface area contributed by atoms with E-state index in [0.717, 1.165) is 16.5 Å². The lowest BCUT2D eigenvalue weighted by molar-refractivity contribution is -0.143. The summed E-state index contributed by atoms with van der Waals surface area (Å²) in [6, 6.07) is 13.6. The second-order valence-electron chi connectivity index (χ2n) is 6.84. The maximum absolute atomic E-state index is 12.3. The molecular weight excluding hydrogens is 332 g/mol. The molecule has 0 bridgehead atoms. The average Bonchev–Trinajstić information content (AvgIpc) is 2.64. The summed E-state index contributed by atoms with van der Waals surface area (Å²) in [5.74, 6) is -0.359. The van der Waals surface area contributed by atoms with Gasteiger partial charge in [-0.05, 0) is 23.8 Å². The molecule has 1 heterocycles. The minimum absolute atomic E-state index is 0.183. The molecule has 138 valence electrons. The van der Waals surface area contributed by atoms with E-state index in [1.54, 1.807) is 4.90 Å². The number of amides is 2. The molecule has 26 heavy (non-hydrogen) atoms. The lowest BCUT2D eigenvalue weighted by atomic mass is 9.91. The Morgan fingerprint density at radius 2 is 1.96 bits per heavy atom. The SMILES string of the molecule is CC1CC(C(=O)O)CN(C(=O)NCCOc2cccc3ccccc23)C1. The zero-order valence-corrected chi connectivity index (χ0v) is 14.9. The molecule has 0 aliphatic carbocycles. The highest BCUT2D eigenvalue weighted by molar-refractivity contribution is 5.88. The molecule has 2 aromatic rings. The zero-order valence-electron chi connectivity index (χ0n) is 14.9. The van der Waals surface area contributed by atoms with E-state index < -0.39 is 11.9 Å². The van der Waals surface area contributed by atoms with Gasteiger partial charge in [-0.2, -0.15) is 0 Å². The predicted molar refractivity (Wildman–Crippen MR) is 99.3 cm³/mol. The van der Waals surface area contributed by atoms with Gasteiger partial charge in [-0.25, -0.2) is 4.79 Å². The van der Waals surface area contributed by atoms with Crippen LogP contribution in [0.2, 0.25) is 0 Å². The molecule has 2 unspecified atom stereocenters. The molecule has 0 spiro atoms. The first-order valence-electron chi connectivity index (χ1n) is 8.90. The largest absolute Gasteiger partial charge is 0.491 e. The normalized spacial score (nSPS) is 20.0. The number of likely N-dealkylation sites (tertiary alicyclic amines) is 1. The quantitative estimate of drug-likeness (QED) is 0.808. The van der Waals surface area contributed by atoms with E-state index in [1.165, 1.54) is 0 Å². The minimum Gasteiger partial charge on any atom is -0.491 e. The van der Waals surface area contributed by atoms with Crippen LogP contribution in [0.15, 0.2) is 42.5 Å². The van der Waals surface area contributed by atoms with E-state index in [1.807, 2.05) is 49.4 Å². The molecule has 6 heteroatoms. The van der Waals surface area contributed by atoms with E-state index >= 15 is 0 Å². The summed E-state index contributed by atoms with van der Waals surface area (Å²) in [6.07, 6.45) is 0.614. The fourth-order valence-corrected chi connectivity index (χ4v) is 3.45. The van der Waals surface area contributed by atoms with Crippen LogP contribution in [0.1, 0.15) is 13.3 Å². The molecule has 0 aromatic heterocycles. The number of rotatable bonds is 5. The third-order valence-electron chi connectivity index (χ3n) is 4.68. The number of hydrogen-bond donors (Lipinski definition) is 2. The number of fused-ring (bicyclic) bond motifs is 1. The molecule has 0 radical (unpaired) electrons. The molecule has 2 amide bonds. The summed E-state index contributed by atoms with van der Waals surface area (Å²) in [5.41, 5.74) is 0. The number of ether oxygens (including phenoxy) is 1. The van der Waals surface area contributed by atoms with Crippen LogP contribution in [-0.4, -0.2) is 48.2 Å². The maximum atomic E-state index is 12.3. The Bertz CT molecular complexity index is 787. The standard InChI is InChI=1S/C20H24N2O4/c1-14-11-16(19(23)24)13-22(12-14)20(25)21-9-10-26-18-8-4-6-15-5-2-3-7-17(15)18/h2-8,14,16H,9-13H2,1H3,(H,21,25)(H,23,24). The topological polar surface area (TPSA) is 78.9 Å². The first kappa shape index (κ1) is 18.0. The first-order valence-corrected chi connectivity index (χ1v) is 8.90. The smallest absolute Gasteiger partial charge is 0.317 e. The van der Waals surface area contributed by atoms with Crippen LogP contribution in [-0.2, 0) is 4.79 Å². The number of benzene rings is 2. The van der Waals surface area contributed by atoms with Gasteiger partial charge in [0, 0.05) is 18.5 Å². The zero-order chi connectivity index (χ0) is 18.5. The van der Waals surface area contributed by atoms with E-state index in [-0.39, 0.29) is 18.5 Å². The van der Waals surface area contributed by atoms with Crippen molar-refractivity contribution in [1.82, 2.24) is 10.2 Å². The molecule has 6 nitrogen and oxygen atoms in total. The van der Waals surface area contributed by atoms with Gasteiger partial charge in [0.25, 0.3) is 0 Å². The minimum atomic E-state index is -0.839. The van der Waals surface area contributed by atoms with Crippen molar-refractivity contribution in [3.05, 3.63) is 42.5 Å². The number of aliphatic carboxylic acids is 1. The molecule has 1 aliphatic rings. The van der Waals surface area contributed by atoms with Gasteiger partial charge >= 0.3 is 12.0 Å². The Kier molecular flexibility index (Phi) is 5.61. The number of carboxylic acids is 1. The van der Waals surface area contributed by atoms with Crippen LogP contribution in [0.3, 0.4) is 0 Å². The van der Waals surface area contributed by atoms with E-state index in [4.69, 9.17) is 4.74 Å². The third kappa shape index (κ3) is 4.25. The molecule has 1 saturated heterocycles. The Hall–Kier alpha value is -2.76. The average molecular weight is 356 g/mol. The number of carbonyl (C=O) groups is 2. The predicted octanol–water partition coefficient (Wildman–Crippen LogP) is 2.97. The summed E-state index contributed by atoms with van der Waals surface area (Å²) in [4.78, 5) is 25.1. The van der Waals surface area contributed by atoms with Gasteiger partial charge in [0.05, 0.1) is 12.5 Å². The van der Waals surface area contributed by atoms with Gasteiger partial charge in [0.15, 0.2) is 0 Å². The fourth-order valence-electron chi connectivity index (χ4n) is 3.45. The summed E-state index contributed by atoms with van der Waals surface area (Å²) >= 11 is 0. The Labute approximate surface area is 152 Å². The van der Waals surface area contributed by atoms with Crippen molar-refractivity contribution < 1.29 is 19.4 Å². The number of nitrogens with zero attached hydrogens (tertiary/aromatic N) is 1. The summed E-state index contributed by atoms with van der Waals surface area (Å²) in [7, 11) is 0. The second-order valence-corrected chi connectivity index (χ2v) is 6.84. The van der Waals surface area contributed by atoms with Crippen LogP contribution in [0, 0.1) is 11.8 Å². The van der Waals surface area contributed by atoms with Crippen molar-refractivity contribution in [2.45, 2.75) is 13.3 Å². The Morgan fingerprint density at radius 3 is 2.77 bits per heavy atom. The number of nitrogens with one attached hydrogen (secondary N) is 1. The first-order chi connectivity index (χ1) is 12.5. The van der Waals surface area contributed by atoms with Crippen molar-refractivity contribution in [1.29, 1.82) is 0 Å². The number of piperidine rings is 1. The third-order valence-corrected chi connectivity index (χ3v) is 4.68. The van der Waals surface area contributed by atoms with Crippen LogP contribution in [0.5, 0.6) is 5.75 Å². The van der Waals surface area contributed by atoms with Gasteiger partial charge in [0.2, 0.25) is 0 Å². The van der Waals surface area contributed by atoms with Gasteiger partial charge in [-0.15, -0.1) is 0 Å². The molecule has 0 saturated carbocycles. The van der Waals surface area contributed by atoms with Crippen molar-refractivity contribution in [2.24, 2.45) is 11.8 Å². The summed E-state index contributed by atoms with van der Waals surface area (Å²) in [5, 5.41) is 14.2. The van der Waals surface area contributed by atoms with Gasteiger partial charge in [0.1, 0.15) is 12.4 Å². The second kappa shape index (κ2) is 8.08. The Morgan fingerprint density at radius 1 is 1.19 bits per heavy atom. The van der Waals surface area contributed by atoms with Gasteiger partial charge in [-0.1, -0.05) is 43.3 Å². The molecular formula is C20H24N2O4. The summed E-state index contributed by atoms with van der Waals surface area (Å²) < 4.78 is 5.81. The van der Waals surface area contributed by atoms with E-state index in [0.29, 0.717) is 26.1 Å². The van der Waals surface area contributed by atoms with Crippen LogP contribution in [0.25, 0.3) is 10.8 Å². The maximum Gasteiger partial charge on any atom is 0.317 e. The van der Waals surface area contributed by atoms with Crippen molar-refractivity contribution in [3.8, 4) is 5.75 Å². The molecule has 2 N–H and O–H groups in total. The highest BCUT2D eigenvalue weighted by atomic mass is 16.5. The lowest BCUT2D eigenvalue weighted by Gasteiger charge is -2.34. The molecule has 1 aliphatic heterocycles. The van der Waals surface area contributed by atoms with Crippen LogP contribution in [0.4, 0.5) is 4.79 Å². The number of hydrogen-bond acceptors (Lipinski definition) is 3. The van der Waals surface area contributed by atoms with Gasteiger partial charge < -0.3 is 20.1 Å². The van der Waals surface area contributed by atoms with E-state index in [9.17, 15) is 14.7 Å². The molecule has 3 rings (SSSR count). The van der Waals surface area contributed by atoms with Gasteiger partial charge in [-0.3, -0.25) is 4.79 Å². The van der Waals surface area contributed by atoms with Crippen molar-refractivity contribution >= 4 is 22.8 Å². The monoisotopic (exact) mass is 356 g/mol. The van der Waals surface area contributed by atoms with Crippen molar-refractivity contribution in [3.63, 3.8) is 0 Å². The molecule has 1 fully saturated rings. The highest BCUT2D eigenvalue weighted by Gasteiger charge is 2.31. The van der Waals surface area contributed by atoms with Crippen LogP contribution < -0.4 is 10.1 Å². The van der Waals surface area contributed by atoms with Crippen LogP contribution >= 0.6 is 0 Å². The number of carboxylic acid groups (broad SMARTS) is 1. The highest BCUT2D eigenvalue weighted by Crippen LogP contribution is 2.25. The van der Waals surface area contributed by atoms with E-state index in [2.05, 4.69) is 5.32 Å². The lowest BCUT2D eigenvalue weighted by Crippen LogP contribution is -2.50. The Balaban J connectivity index is 1.50. The molecule has 2 atom stereocenters. The fraction of sp³-hybridized carbons (Fsp3) is 0.400. The number of carbonyl (C=O) groups excluding carboxylic acids is 1. The molecule has 2 aromatic carbocycles. The van der Waals surface area contributed by atoms with Crippen molar-refractivity contribution in [2.75, 3.05) is 26.2 Å². The number of urea groups is 1.